The van der Waals surface area contributed by atoms with Gasteiger partial charge in [0, 0.05) is 63.5 Å². The number of allylic oxidation sites excluding steroid dienone is 1. The van der Waals surface area contributed by atoms with Crippen molar-refractivity contribution in [3.63, 3.8) is 0 Å². The van der Waals surface area contributed by atoms with Gasteiger partial charge in [-0.15, -0.1) is 5.11 Å². The van der Waals surface area contributed by atoms with E-state index in [0.717, 1.165) is 75.1 Å². The van der Waals surface area contributed by atoms with Gasteiger partial charge in [0.1, 0.15) is 0 Å². The van der Waals surface area contributed by atoms with E-state index < -0.39 is 0 Å². The van der Waals surface area contributed by atoms with Gasteiger partial charge in [0.05, 0.1) is 18.3 Å². The van der Waals surface area contributed by atoms with Crippen LogP contribution in [0.2, 0.25) is 0 Å². The Bertz CT molecular complexity index is 846. The summed E-state index contributed by atoms with van der Waals surface area (Å²) in [6.07, 6.45) is 12.4. The zero-order chi connectivity index (χ0) is 21.2. The zero-order valence-corrected chi connectivity index (χ0v) is 18.7. The Hall–Kier alpha value is -2.06. The lowest BCUT2D eigenvalue weighted by Crippen LogP contribution is -2.52. The number of amides is 1. The quantitative estimate of drug-likeness (QED) is 0.744. The SMILES string of the molecule is CC1CCC=C(n2cc3c(n2)CCN(C(=O)CN2CCN(C4CCCC4)CC2)C3)N=N1. The third kappa shape index (κ3) is 4.75. The number of nitrogens with zero attached hydrogens (tertiary/aromatic N) is 7. The van der Waals surface area contributed by atoms with Crippen LogP contribution in [0.1, 0.15) is 56.7 Å². The molecule has 2 fully saturated rings. The van der Waals surface area contributed by atoms with E-state index in [4.69, 9.17) is 5.10 Å². The van der Waals surface area contributed by atoms with Crippen molar-refractivity contribution < 1.29 is 4.79 Å². The van der Waals surface area contributed by atoms with E-state index in [-0.39, 0.29) is 11.9 Å². The van der Waals surface area contributed by atoms with Crippen LogP contribution in [0.3, 0.4) is 0 Å². The number of hydrogen-bond donors (Lipinski definition) is 0. The molecule has 1 atom stereocenters. The number of rotatable bonds is 4. The molecule has 5 rings (SSSR count). The highest BCUT2D eigenvalue weighted by molar-refractivity contribution is 5.78. The van der Waals surface area contributed by atoms with E-state index in [1.165, 1.54) is 25.7 Å². The van der Waals surface area contributed by atoms with E-state index >= 15 is 0 Å². The first-order valence-corrected chi connectivity index (χ1v) is 12.1. The Morgan fingerprint density at radius 2 is 1.90 bits per heavy atom. The van der Waals surface area contributed by atoms with Crippen LogP contribution in [-0.2, 0) is 17.8 Å². The number of fused-ring (bicyclic) bond motifs is 1. The third-order valence-electron chi connectivity index (χ3n) is 7.32. The van der Waals surface area contributed by atoms with Crippen molar-refractivity contribution in [2.45, 2.75) is 70.5 Å². The second-order valence-electron chi connectivity index (χ2n) is 9.57. The highest BCUT2D eigenvalue weighted by atomic mass is 16.2. The van der Waals surface area contributed by atoms with Gasteiger partial charge in [0.2, 0.25) is 5.91 Å². The zero-order valence-electron chi connectivity index (χ0n) is 18.7. The Balaban J connectivity index is 1.15. The highest BCUT2D eigenvalue weighted by Crippen LogP contribution is 2.25. The van der Waals surface area contributed by atoms with Crippen LogP contribution in [0.5, 0.6) is 0 Å². The lowest BCUT2D eigenvalue weighted by Gasteiger charge is -2.38. The predicted molar refractivity (Wildman–Crippen MR) is 119 cm³/mol. The maximum atomic E-state index is 13.0. The fourth-order valence-corrected chi connectivity index (χ4v) is 5.34. The topological polar surface area (TPSA) is 69.3 Å². The number of aromatic nitrogens is 2. The Morgan fingerprint density at radius 3 is 2.71 bits per heavy atom. The lowest BCUT2D eigenvalue weighted by molar-refractivity contribution is -0.133. The molecule has 4 aliphatic rings. The van der Waals surface area contributed by atoms with Gasteiger partial charge in [-0.2, -0.15) is 10.2 Å². The number of hydrogen-bond acceptors (Lipinski definition) is 6. The molecular formula is C23H35N7O. The van der Waals surface area contributed by atoms with Crippen molar-refractivity contribution in [2.24, 2.45) is 10.2 Å². The van der Waals surface area contributed by atoms with Crippen LogP contribution in [0.25, 0.3) is 5.82 Å². The summed E-state index contributed by atoms with van der Waals surface area (Å²) >= 11 is 0. The third-order valence-corrected chi connectivity index (χ3v) is 7.32. The number of piperazine rings is 1. The first-order valence-electron chi connectivity index (χ1n) is 12.1. The van der Waals surface area contributed by atoms with E-state index in [0.29, 0.717) is 13.1 Å². The van der Waals surface area contributed by atoms with Gasteiger partial charge in [0.15, 0.2) is 5.82 Å². The van der Waals surface area contributed by atoms with Crippen LogP contribution in [0, 0.1) is 0 Å². The van der Waals surface area contributed by atoms with Gasteiger partial charge in [-0.05, 0) is 38.7 Å². The molecular weight excluding hydrogens is 390 g/mol. The Morgan fingerprint density at radius 1 is 1.10 bits per heavy atom. The number of carbonyl (C=O) groups is 1. The van der Waals surface area contributed by atoms with Gasteiger partial charge in [-0.1, -0.05) is 12.8 Å². The Labute approximate surface area is 185 Å². The molecule has 1 aromatic heterocycles. The molecule has 1 aromatic rings. The summed E-state index contributed by atoms with van der Waals surface area (Å²) in [4.78, 5) is 20.0. The molecule has 168 valence electrons. The summed E-state index contributed by atoms with van der Waals surface area (Å²) < 4.78 is 1.85. The number of carbonyl (C=O) groups excluding carboxylic acids is 1. The second kappa shape index (κ2) is 9.20. The predicted octanol–water partition coefficient (Wildman–Crippen LogP) is 2.76. The average Bonchev–Trinajstić information content (AvgIpc) is 3.41. The molecule has 0 N–H and O–H groups in total. The van der Waals surface area contributed by atoms with Crippen molar-refractivity contribution in [3.05, 3.63) is 23.5 Å². The standard InChI is InChI=1S/C23H35N7O/c1-18-5-4-8-22(25-24-18)30-16-19-15-29(10-9-21(19)26-30)23(31)17-27-11-13-28(14-12-27)20-6-2-3-7-20/h8,16,18,20H,2-7,9-15,17H2,1H3. The monoisotopic (exact) mass is 425 g/mol. The molecule has 1 unspecified atom stereocenters. The first kappa shape index (κ1) is 20.8. The van der Waals surface area contributed by atoms with E-state index in [9.17, 15) is 4.79 Å². The van der Waals surface area contributed by atoms with Crippen molar-refractivity contribution in [3.8, 4) is 0 Å². The van der Waals surface area contributed by atoms with E-state index in [2.05, 4.69) is 33.0 Å². The summed E-state index contributed by atoms with van der Waals surface area (Å²) in [6.45, 7) is 8.27. The molecule has 1 amide bonds. The van der Waals surface area contributed by atoms with E-state index in [1.807, 2.05) is 15.8 Å². The van der Waals surface area contributed by atoms with Gasteiger partial charge in [-0.25, -0.2) is 4.68 Å². The van der Waals surface area contributed by atoms with Crippen LogP contribution < -0.4 is 0 Å². The molecule has 0 aromatic carbocycles. The summed E-state index contributed by atoms with van der Waals surface area (Å²) in [6, 6.07) is 1.05. The fourth-order valence-electron chi connectivity index (χ4n) is 5.34. The molecule has 1 saturated heterocycles. The normalized spacial score (nSPS) is 26.0. The molecule has 1 aliphatic carbocycles. The minimum Gasteiger partial charge on any atom is -0.337 e. The molecule has 0 radical (unpaired) electrons. The van der Waals surface area contributed by atoms with Crippen LogP contribution in [0.4, 0.5) is 0 Å². The van der Waals surface area contributed by atoms with Crippen molar-refractivity contribution in [1.29, 1.82) is 0 Å². The largest absolute Gasteiger partial charge is 0.337 e. The molecule has 8 nitrogen and oxygen atoms in total. The van der Waals surface area contributed by atoms with Gasteiger partial charge < -0.3 is 4.90 Å². The minimum absolute atomic E-state index is 0.245. The first-order chi connectivity index (χ1) is 15.2. The van der Waals surface area contributed by atoms with Crippen LogP contribution >= 0.6 is 0 Å². The van der Waals surface area contributed by atoms with Gasteiger partial charge in [0.25, 0.3) is 0 Å². The smallest absolute Gasteiger partial charge is 0.237 e. The van der Waals surface area contributed by atoms with Crippen molar-refractivity contribution in [1.82, 2.24) is 24.5 Å². The molecule has 3 aliphatic heterocycles. The van der Waals surface area contributed by atoms with E-state index in [1.54, 1.807) is 0 Å². The Kier molecular flexibility index (Phi) is 6.18. The molecule has 4 heterocycles. The molecule has 0 spiro atoms. The summed E-state index contributed by atoms with van der Waals surface area (Å²) in [5.41, 5.74) is 2.22. The van der Waals surface area contributed by atoms with Gasteiger partial charge in [-0.3, -0.25) is 14.6 Å². The summed E-state index contributed by atoms with van der Waals surface area (Å²) in [5, 5.41) is 13.5. The van der Waals surface area contributed by atoms with Gasteiger partial charge >= 0.3 is 0 Å². The molecule has 0 bridgehead atoms. The van der Waals surface area contributed by atoms with Crippen LogP contribution in [-0.4, -0.2) is 81.7 Å². The fraction of sp³-hybridized carbons (Fsp3) is 0.739. The minimum atomic E-state index is 0.245. The number of azo groups is 1. The van der Waals surface area contributed by atoms with Crippen molar-refractivity contribution in [2.75, 3.05) is 39.3 Å². The lowest BCUT2D eigenvalue weighted by atomic mass is 10.1. The average molecular weight is 426 g/mol. The maximum Gasteiger partial charge on any atom is 0.237 e. The second-order valence-corrected chi connectivity index (χ2v) is 9.57. The summed E-state index contributed by atoms with van der Waals surface area (Å²) in [5.74, 6) is 1.05. The summed E-state index contributed by atoms with van der Waals surface area (Å²) in [7, 11) is 0. The maximum absolute atomic E-state index is 13.0. The molecule has 8 heteroatoms. The molecule has 1 saturated carbocycles. The van der Waals surface area contributed by atoms with Crippen LogP contribution in [0.15, 0.2) is 22.5 Å². The van der Waals surface area contributed by atoms with Crippen molar-refractivity contribution >= 4 is 11.7 Å². The molecule has 31 heavy (non-hydrogen) atoms. The highest BCUT2D eigenvalue weighted by Gasteiger charge is 2.29.